The molecule has 1 aromatic rings. The van der Waals surface area contributed by atoms with Crippen LogP contribution in [0, 0.1) is 0 Å². The van der Waals surface area contributed by atoms with Crippen molar-refractivity contribution >= 4 is 12.0 Å². The number of benzene rings is 1. The van der Waals surface area contributed by atoms with Gasteiger partial charge in [0.1, 0.15) is 12.1 Å². The fourth-order valence-corrected chi connectivity index (χ4v) is 2.79. The van der Waals surface area contributed by atoms with E-state index >= 15 is 0 Å². The van der Waals surface area contributed by atoms with Crippen LogP contribution in [-0.2, 0) is 16.0 Å². The molecule has 0 radical (unpaired) electrons. The van der Waals surface area contributed by atoms with Gasteiger partial charge in [-0.15, -0.1) is 0 Å². The zero-order valence-corrected chi connectivity index (χ0v) is 10.9. The standard InChI is InChI=1S/C15H15NO3/c1-9(2)7-13(17)16-14-11-6-4-3-5-10(11)8-12(14)19-15(16)18/h3-7,12,14H,8H2,1-2H3/t12-,14+/m0/s1. The highest BCUT2D eigenvalue weighted by Gasteiger charge is 2.49. The second kappa shape index (κ2) is 4.23. The van der Waals surface area contributed by atoms with Crippen LogP contribution in [0.25, 0.3) is 0 Å². The van der Waals surface area contributed by atoms with E-state index in [9.17, 15) is 9.59 Å². The average Bonchev–Trinajstić information content (AvgIpc) is 2.82. The molecule has 2 amide bonds. The Kier molecular flexibility index (Phi) is 2.66. The lowest BCUT2D eigenvalue weighted by molar-refractivity contribution is -0.124. The summed E-state index contributed by atoms with van der Waals surface area (Å²) in [6.45, 7) is 3.67. The largest absolute Gasteiger partial charge is 0.443 e. The summed E-state index contributed by atoms with van der Waals surface area (Å²) in [4.78, 5) is 25.3. The molecule has 0 unspecified atom stereocenters. The van der Waals surface area contributed by atoms with Crippen molar-refractivity contribution in [3.63, 3.8) is 0 Å². The smallest absolute Gasteiger partial charge is 0.417 e. The van der Waals surface area contributed by atoms with Gasteiger partial charge in [0.25, 0.3) is 5.91 Å². The van der Waals surface area contributed by atoms with E-state index in [-0.39, 0.29) is 18.1 Å². The zero-order chi connectivity index (χ0) is 13.6. The molecular formula is C15H15NO3. The molecule has 1 fully saturated rings. The lowest BCUT2D eigenvalue weighted by Crippen LogP contribution is -2.33. The van der Waals surface area contributed by atoms with Gasteiger partial charge >= 0.3 is 6.09 Å². The fourth-order valence-electron chi connectivity index (χ4n) is 2.79. The highest BCUT2D eigenvalue weighted by atomic mass is 16.6. The van der Waals surface area contributed by atoms with Crippen molar-refractivity contribution in [2.75, 3.05) is 0 Å². The number of fused-ring (bicyclic) bond motifs is 3. The molecule has 2 atom stereocenters. The van der Waals surface area contributed by atoms with Gasteiger partial charge in [-0.3, -0.25) is 4.79 Å². The monoisotopic (exact) mass is 257 g/mol. The summed E-state index contributed by atoms with van der Waals surface area (Å²) in [6.07, 6.45) is 1.39. The number of carbonyl (C=O) groups is 2. The van der Waals surface area contributed by atoms with Gasteiger partial charge in [0.15, 0.2) is 0 Å². The van der Waals surface area contributed by atoms with E-state index in [4.69, 9.17) is 4.74 Å². The van der Waals surface area contributed by atoms with Gasteiger partial charge in [0, 0.05) is 12.5 Å². The lowest BCUT2D eigenvalue weighted by atomic mass is 10.1. The van der Waals surface area contributed by atoms with Crippen molar-refractivity contribution < 1.29 is 14.3 Å². The molecule has 0 aromatic heterocycles. The Bertz CT molecular complexity index is 587. The van der Waals surface area contributed by atoms with Crippen molar-refractivity contribution in [3.05, 3.63) is 47.0 Å². The molecule has 1 saturated heterocycles. The summed E-state index contributed by atoms with van der Waals surface area (Å²) in [6, 6.07) is 7.60. The number of rotatable bonds is 1. The minimum atomic E-state index is -0.535. The minimum absolute atomic E-state index is 0.237. The van der Waals surface area contributed by atoms with Crippen LogP contribution in [0.3, 0.4) is 0 Å². The Hall–Kier alpha value is -2.10. The maximum atomic E-state index is 12.2. The van der Waals surface area contributed by atoms with Gasteiger partial charge in [-0.1, -0.05) is 29.8 Å². The molecule has 1 heterocycles. The molecular weight excluding hydrogens is 242 g/mol. The van der Waals surface area contributed by atoms with Crippen LogP contribution in [0.2, 0.25) is 0 Å². The van der Waals surface area contributed by atoms with Crippen LogP contribution < -0.4 is 0 Å². The van der Waals surface area contributed by atoms with E-state index in [0.717, 1.165) is 16.7 Å². The number of allylic oxidation sites excluding steroid dienone is 1. The summed E-state index contributed by atoms with van der Waals surface area (Å²) < 4.78 is 5.32. The van der Waals surface area contributed by atoms with Crippen LogP contribution in [0.1, 0.15) is 31.0 Å². The average molecular weight is 257 g/mol. The van der Waals surface area contributed by atoms with E-state index in [0.29, 0.717) is 6.42 Å². The van der Waals surface area contributed by atoms with E-state index in [2.05, 4.69) is 0 Å². The molecule has 0 saturated carbocycles. The molecule has 1 aliphatic carbocycles. The van der Waals surface area contributed by atoms with Gasteiger partial charge in [-0.25, -0.2) is 9.69 Å². The Morgan fingerprint density at radius 2 is 2.11 bits per heavy atom. The van der Waals surface area contributed by atoms with Gasteiger partial charge in [-0.2, -0.15) is 0 Å². The number of carbonyl (C=O) groups excluding carboxylic acids is 2. The molecule has 2 aliphatic rings. The molecule has 1 aromatic carbocycles. The first kappa shape index (κ1) is 12.0. The maximum Gasteiger partial charge on any atom is 0.417 e. The van der Waals surface area contributed by atoms with E-state index < -0.39 is 6.09 Å². The van der Waals surface area contributed by atoms with Gasteiger partial charge in [-0.05, 0) is 25.0 Å². The van der Waals surface area contributed by atoms with Crippen LogP contribution in [0.15, 0.2) is 35.9 Å². The van der Waals surface area contributed by atoms with Crippen LogP contribution in [0.5, 0.6) is 0 Å². The van der Waals surface area contributed by atoms with Gasteiger partial charge in [0.2, 0.25) is 0 Å². The van der Waals surface area contributed by atoms with Crippen molar-refractivity contribution in [1.29, 1.82) is 0 Å². The Morgan fingerprint density at radius 3 is 2.84 bits per heavy atom. The van der Waals surface area contributed by atoms with E-state index in [1.807, 2.05) is 38.1 Å². The quantitative estimate of drug-likeness (QED) is 0.726. The summed E-state index contributed by atoms with van der Waals surface area (Å²) in [5, 5.41) is 0. The first-order valence-corrected chi connectivity index (χ1v) is 6.34. The Labute approximate surface area is 111 Å². The summed E-state index contributed by atoms with van der Waals surface area (Å²) in [7, 11) is 0. The molecule has 19 heavy (non-hydrogen) atoms. The van der Waals surface area contributed by atoms with E-state index in [1.165, 1.54) is 11.0 Å². The van der Waals surface area contributed by atoms with Crippen LogP contribution in [-0.4, -0.2) is 23.0 Å². The van der Waals surface area contributed by atoms with Crippen molar-refractivity contribution in [1.82, 2.24) is 4.90 Å². The molecule has 4 heteroatoms. The summed E-state index contributed by atoms with van der Waals surface area (Å²) in [5.74, 6) is -0.297. The topological polar surface area (TPSA) is 46.6 Å². The van der Waals surface area contributed by atoms with Gasteiger partial charge < -0.3 is 4.74 Å². The Morgan fingerprint density at radius 1 is 1.37 bits per heavy atom. The van der Waals surface area contributed by atoms with Crippen molar-refractivity contribution in [2.24, 2.45) is 0 Å². The third kappa shape index (κ3) is 1.84. The number of imide groups is 1. The normalized spacial score (nSPS) is 23.7. The third-order valence-corrected chi connectivity index (χ3v) is 3.52. The molecule has 0 spiro atoms. The predicted molar refractivity (Wildman–Crippen MR) is 69.4 cm³/mol. The third-order valence-electron chi connectivity index (χ3n) is 3.52. The first-order chi connectivity index (χ1) is 9.08. The van der Waals surface area contributed by atoms with E-state index in [1.54, 1.807) is 0 Å². The van der Waals surface area contributed by atoms with Crippen molar-refractivity contribution in [3.8, 4) is 0 Å². The highest BCUT2D eigenvalue weighted by Crippen LogP contribution is 2.42. The molecule has 3 rings (SSSR count). The molecule has 0 bridgehead atoms. The van der Waals surface area contributed by atoms with Crippen LogP contribution in [0.4, 0.5) is 4.79 Å². The molecule has 1 aliphatic heterocycles. The fraction of sp³-hybridized carbons (Fsp3) is 0.333. The first-order valence-electron chi connectivity index (χ1n) is 6.34. The number of amides is 2. The lowest BCUT2D eigenvalue weighted by Gasteiger charge is -2.18. The zero-order valence-electron chi connectivity index (χ0n) is 10.9. The summed E-state index contributed by atoms with van der Waals surface area (Å²) in [5.41, 5.74) is 3.04. The number of hydrogen-bond donors (Lipinski definition) is 0. The second-order valence-electron chi connectivity index (χ2n) is 5.20. The van der Waals surface area contributed by atoms with Gasteiger partial charge in [0.05, 0.1) is 0 Å². The Balaban J connectivity index is 2.00. The molecule has 4 nitrogen and oxygen atoms in total. The molecule has 0 N–H and O–H groups in total. The predicted octanol–water partition coefficient (Wildman–Crippen LogP) is 2.60. The number of ether oxygens (including phenoxy) is 1. The molecule has 98 valence electrons. The summed E-state index contributed by atoms with van der Waals surface area (Å²) >= 11 is 0. The number of nitrogens with zero attached hydrogens (tertiary/aromatic N) is 1. The second-order valence-corrected chi connectivity index (χ2v) is 5.20. The number of hydrogen-bond acceptors (Lipinski definition) is 3. The maximum absolute atomic E-state index is 12.2. The minimum Gasteiger partial charge on any atom is -0.443 e. The highest BCUT2D eigenvalue weighted by molar-refractivity contribution is 6.00. The van der Waals surface area contributed by atoms with Crippen molar-refractivity contribution in [2.45, 2.75) is 32.4 Å². The van der Waals surface area contributed by atoms with Crippen LogP contribution >= 0.6 is 0 Å². The SMILES string of the molecule is CC(C)=CC(=O)N1C(=O)O[C@H]2Cc3ccccc3[C@H]21.